The molecule has 0 amide bonds. The first-order valence-corrected chi connectivity index (χ1v) is 21.1. The summed E-state index contributed by atoms with van der Waals surface area (Å²) < 4.78 is 60.2. The zero-order valence-corrected chi connectivity index (χ0v) is 35.0. The van der Waals surface area contributed by atoms with Crippen molar-refractivity contribution in [1.82, 2.24) is 0 Å². The van der Waals surface area contributed by atoms with Gasteiger partial charge in [-0.15, -0.1) is 0 Å². The molecule has 20 N–H and O–H groups in total. The smallest absolute Gasteiger partial charge is 0.187 e. The standard InChI is InChI=1S/C36H62O31/c37-1-7-13(41)17(45)23(51)34(60-7)65-28-8(2-38)62-33(26(54)19(28)47)58-6-12-15(43)18(46)24(52)35(64-12)66-30-10(4-40)63-36(27(55)21(30)49)67-29-9(3-39)61-32(25(53)20(29)48)57-5-11-14(42)16(44)22(50)31(56)59-11/h7-56H,1-6H2/t7-,8-,9-,10-,11-,12-,13+,14+,15+,16+,17+,18+,19-,20-,21-,22-,23-,24-,25-,26-,27-,28-,29-,30-,31?,32?,33?,34?,35?,36?/m1/s1. The molecule has 67 heavy (non-hydrogen) atoms. The summed E-state index contributed by atoms with van der Waals surface area (Å²) in [5, 5.41) is 208. The van der Waals surface area contributed by atoms with Crippen LogP contribution in [-0.2, 0) is 52.1 Å². The quantitative estimate of drug-likeness (QED) is 0.0683. The minimum absolute atomic E-state index is 0.692. The van der Waals surface area contributed by atoms with E-state index in [1.165, 1.54) is 0 Å². The Morgan fingerprint density at radius 1 is 0.254 bits per heavy atom. The van der Waals surface area contributed by atoms with Crippen LogP contribution < -0.4 is 0 Å². The van der Waals surface area contributed by atoms with E-state index in [4.69, 9.17) is 52.1 Å². The van der Waals surface area contributed by atoms with Crippen LogP contribution >= 0.6 is 0 Å². The Hall–Kier alpha value is -1.24. The Labute approximate surface area is 378 Å². The lowest BCUT2D eigenvalue weighted by Gasteiger charge is -2.48. The first-order valence-electron chi connectivity index (χ1n) is 21.1. The first-order chi connectivity index (χ1) is 31.7. The highest BCUT2D eigenvalue weighted by Crippen LogP contribution is 2.35. The third-order valence-electron chi connectivity index (χ3n) is 12.4. The maximum absolute atomic E-state index is 11.2. The van der Waals surface area contributed by atoms with Crippen molar-refractivity contribution < 1.29 is 154 Å². The van der Waals surface area contributed by atoms with Crippen LogP contribution in [0.25, 0.3) is 0 Å². The Kier molecular flexibility index (Phi) is 19.4. The van der Waals surface area contributed by atoms with E-state index < -0.39 is 224 Å². The van der Waals surface area contributed by atoms with Gasteiger partial charge >= 0.3 is 0 Å². The second kappa shape index (κ2) is 23.5. The van der Waals surface area contributed by atoms with Gasteiger partial charge in [-0.3, -0.25) is 0 Å². The predicted octanol–water partition coefficient (Wildman–Crippen LogP) is -14.1. The fourth-order valence-corrected chi connectivity index (χ4v) is 8.31. The van der Waals surface area contributed by atoms with Gasteiger partial charge in [0.2, 0.25) is 0 Å². The summed E-state index contributed by atoms with van der Waals surface area (Å²) >= 11 is 0. The van der Waals surface area contributed by atoms with Gasteiger partial charge in [0.05, 0.1) is 39.6 Å². The molecule has 31 heteroatoms. The summed E-state index contributed by atoms with van der Waals surface area (Å²) in [6, 6.07) is 0. The Bertz CT molecular complexity index is 1500. The minimum atomic E-state index is -2.15. The third-order valence-corrected chi connectivity index (χ3v) is 12.4. The molecule has 6 fully saturated rings. The van der Waals surface area contributed by atoms with Crippen LogP contribution in [0.15, 0.2) is 0 Å². The van der Waals surface area contributed by atoms with E-state index in [2.05, 4.69) is 0 Å². The maximum atomic E-state index is 11.2. The molecule has 0 aromatic heterocycles. The molecule has 6 unspecified atom stereocenters. The van der Waals surface area contributed by atoms with E-state index in [1.54, 1.807) is 0 Å². The van der Waals surface area contributed by atoms with Crippen molar-refractivity contribution in [2.75, 3.05) is 39.6 Å². The molecule has 6 heterocycles. The van der Waals surface area contributed by atoms with Gasteiger partial charge in [0.25, 0.3) is 0 Å². The second-order valence-electron chi connectivity index (χ2n) is 16.8. The topological polar surface area (TPSA) is 506 Å². The fraction of sp³-hybridized carbons (Fsp3) is 1.00. The molecule has 0 aromatic rings. The Morgan fingerprint density at radius 3 is 0.896 bits per heavy atom. The van der Waals surface area contributed by atoms with Gasteiger partial charge in [0.1, 0.15) is 146 Å². The van der Waals surface area contributed by atoms with Crippen molar-refractivity contribution in [3.63, 3.8) is 0 Å². The minimum Gasteiger partial charge on any atom is -0.394 e. The largest absolute Gasteiger partial charge is 0.394 e. The van der Waals surface area contributed by atoms with E-state index in [0.717, 1.165) is 0 Å². The summed E-state index contributed by atoms with van der Waals surface area (Å²) in [6.45, 7) is -5.21. The van der Waals surface area contributed by atoms with Crippen molar-refractivity contribution in [1.29, 1.82) is 0 Å². The normalized spacial score (nSPS) is 53.4. The predicted molar refractivity (Wildman–Crippen MR) is 199 cm³/mol. The molecule has 6 aliphatic heterocycles. The van der Waals surface area contributed by atoms with Gasteiger partial charge in [0.15, 0.2) is 37.7 Å². The summed E-state index contributed by atoms with van der Waals surface area (Å²) in [5.41, 5.74) is 0. The zero-order chi connectivity index (χ0) is 49.3. The molecule has 0 bridgehead atoms. The summed E-state index contributed by atoms with van der Waals surface area (Å²) in [4.78, 5) is 0. The number of aliphatic hydroxyl groups excluding tert-OH is 20. The van der Waals surface area contributed by atoms with Crippen LogP contribution in [0, 0.1) is 0 Å². The van der Waals surface area contributed by atoms with Crippen LogP contribution in [0.3, 0.4) is 0 Å². The fourth-order valence-electron chi connectivity index (χ4n) is 8.31. The molecule has 0 aliphatic carbocycles. The number of hydrogen-bond acceptors (Lipinski definition) is 31. The SMILES string of the molecule is OC[C@H]1OC(O[C@H]2[C@H](O)[C@@H](O)C(OC[C@H]3OC(O[C@H]4[C@H](O)[C@@H](O)C(O[C@H]5[C@H](O)[C@@H](O)C(OC[C@H]6OC(O)[C@H](O)[C@@H](O)[C@H]6O)O[C@@H]5CO)O[C@@H]4CO)[C@H](O)[C@@H](O)[C@H]3O)O[C@@H]2CO)[C@H](O)[C@@H](O)[C@H]1O. The maximum Gasteiger partial charge on any atom is 0.187 e. The van der Waals surface area contributed by atoms with Gasteiger partial charge in [-0.05, 0) is 0 Å². The summed E-state index contributed by atoms with van der Waals surface area (Å²) in [5.74, 6) is 0. The van der Waals surface area contributed by atoms with Crippen LogP contribution in [-0.4, -0.2) is 326 Å². The highest BCUT2D eigenvalue weighted by Gasteiger charge is 2.56. The summed E-state index contributed by atoms with van der Waals surface area (Å²) in [6.07, 6.45) is -55.5. The number of ether oxygens (including phenoxy) is 11. The molecular formula is C36H62O31. The molecular weight excluding hydrogens is 928 g/mol. The van der Waals surface area contributed by atoms with Gasteiger partial charge in [-0.2, -0.15) is 0 Å². The molecule has 392 valence electrons. The molecule has 6 rings (SSSR count). The lowest BCUT2D eigenvalue weighted by atomic mass is 9.96. The molecule has 0 aromatic carbocycles. The molecule has 31 nitrogen and oxygen atoms in total. The van der Waals surface area contributed by atoms with Crippen molar-refractivity contribution in [2.24, 2.45) is 0 Å². The van der Waals surface area contributed by atoms with Gasteiger partial charge in [-0.25, -0.2) is 0 Å². The van der Waals surface area contributed by atoms with Gasteiger partial charge in [-0.1, -0.05) is 0 Å². The number of rotatable bonds is 16. The van der Waals surface area contributed by atoms with E-state index in [9.17, 15) is 102 Å². The van der Waals surface area contributed by atoms with Crippen molar-refractivity contribution in [3.8, 4) is 0 Å². The summed E-state index contributed by atoms with van der Waals surface area (Å²) in [7, 11) is 0. The van der Waals surface area contributed by atoms with E-state index in [1.807, 2.05) is 0 Å². The molecule has 0 radical (unpaired) electrons. The third kappa shape index (κ3) is 11.5. The van der Waals surface area contributed by atoms with E-state index in [0.29, 0.717) is 0 Å². The van der Waals surface area contributed by atoms with E-state index >= 15 is 0 Å². The first kappa shape index (κ1) is 55.1. The van der Waals surface area contributed by atoms with Crippen LogP contribution in [0.4, 0.5) is 0 Å². The second-order valence-corrected chi connectivity index (χ2v) is 16.8. The zero-order valence-electron chi connectivity index (χ0n) is 35.0. The van der Waals surface area contributed by atoms with E-state index in [-0.39, 0.29) is 0 Å². The molecule has 0 spiro atoms. The number of hydrogen-bond donors (Lipinski definition) is 20. The monoisotopic (exact) mass is 990 g/mol. The lowest BCUT2D eigenvalue weighted by Crippen LogP contribution is -2.67. The lowest BCUT2D eigenvalue weighted by molar-refractivity contribution is -0.384. The van der Waals surface area contributed by atoms with Crippen molar-refractivity contribution >= 4 is 0 Å². The van der Waals surface area contributed by atoms with Crippen molar-refractivity contribution in [3.05, 3.63) is 0 Å². The van der Waals surface area contributed by atoms with Crippen LogP contribution in [0.2, 0.25) is 0 Å². The van der Waals surface area contributed by atoms with Crippen LogP contribution in [0.5, 0.6) is 0 Å². The number of aliphatic hydroxyl groups is 20. The van der Waals surface area contributed by atoms with Crippen molar-refractivity contribution in [2.45, 2.75) is 184 Å². The van der Waals surface area contributed by atoms with Gasteiger partial charge in [0, 0.05) is 0 Å². The Balaban J connectivity index is 1.04. The van der Waals surface area contributed by atoms with Gasteiger partial charge < -0.3 is 154 Å². The molecule has 30 atom stereocenters. The highest BCUT2D eigenvalue weighted by molar-refractivity contribution is 4.98. The average Bonchev–Trinajstić information content (AvgIpc) is 3.32. The average molecular weight is 991 g/mol. The molecule has 6 saturated heterocycles. The van der Waals surface area contributed by atoms with Crippen LogP contribution in [0.1, 0.15) is 0 Å². The molecule has 0 saturated carbocycles. The Morgan fingerprint density at radius 2 is 0.522 bits per heavy atom. The molecule has 6 aliphatic rings. The highest BCUT2D eigenvalue weighted by atomic mass is 16.8.